The molecule has 0 saturated carbocycles. The average molecular weight is 281 g/mol. The van der Waals surface area contributed by atoms with Gasteiger partial charge < -0.3 is 5.11 Å². The lowest BCUT2D eigenvalue weighted by Crippen LogP contribution is -2.09. The zero-order chi connectivity index (χ0) is 13.2. The molecule has 0 fully saturated rings. The molecule has 0 amide bonds. The lowest BCUT2D eigenvalue weighted by molar-refractivity contribution is 0.0696. The molecule has 0 radical (unpaired) electrons. The van der Waals surface area contributed by atoms with Crippen LogP contribution in [-0.2, 0) is 9.84 Å². The summed E-state index contributed by atoms with van der Waals surface area (Å²) in [5, 5.41) is 8.17. The van der Waals surface area contributed by atoms with Gasteiger partial charge in [-0.25, -0.2) is 17.6 Å². The highest BCUT2D eigenvalue weighted by molar-refractivity contribution is 7.91. The number of carboxylic acids is 1. The summed E-state index contributed by atoms with van der Waals surface area (Å²) >= 11 is 5.44. The smallest absolute Gasteiger partial charge is 0.337 e. The molecule has 4 nitrogen and oxygen atoms in total. The second-order valence-corrected chi connectivity index (χ2v) is 5.88. The Morgan fingerprint density at radius 2 is 2.06 bits per heavy atom. The van der Waals surface area contributed by atoms with Crippen LogP contribution in [0.4, 0.5) is 4.39 Å². The number of halogens is 2. The first kappa shape index (κ1) is 13.9. The topological polar surface area (TPSA) is 71.4 Å². The SMILES string of the molecule is CCCS(=O)(=O)c1cc(F)c(Cl)c(C(=O)O)c1. The maximum atomic E-state index is 13.3. The number of carbonyl (C=O) groups is 1. The van der Waals surface area contributed by atoms with Crippen LogP contribution in [0.3, 0.4) is 0 Å². The lowest BCUT2D eigenvalue weighted by atomic mass is 10.2. The molecular formula is C10H10ClFO4S. The van der Waals surface area contributed by atoms with E-state index >= 15 is 0 Å². The van der Waals surface area contributed by atoms with Crippen LogP contribution >= 0.6 is 11.6 Å². The highest BCUT2D eigenvalue weighted by Crippen LogP contribution is 2.25. The summed E-state index contributed by atoms with van der Waals surface area (Å²) in [4.78, 5) is 10.4. The third-order valence-electron chi connectivity index (χ3n) is 2.06. The van der Waals surface area contributed by atoms with Crippen molar-refractivity contribution in [1.29, 1.82) is 0 Å². The molecule has 0 aliphatic rings. The maximum Gasteiger partial charge on any atom is 0.337 e. The van der Waals surface area contributed by atoms with Gasteiger partial charge in [-0.1, -0.05) is 18.5 Å². The van der Waals surface area contributed by atoms with Crippen molar-refractivity contribution in [2.24, 2.45) is 0 Å². The van der Waals surface area contributed by atoms with Gasteiger partial charge in [0.25, 0.3) is 0 Å². The number of hydrogen-bond donors (Lipinski definition) is 1. The van der Waals surface area contributed by atoms with Crippen LogP contribution in [0, 0.1) is 5.82 Å². The minimum absolute atomic E-state index is 0.173. The van der Waals surface area contributed by atoms with Gasteiger partial charge in [0.05, 0.1) is 21.2 Å². The highest BCUT2D eigenvalue weighted by Gasteiger charge is 2.21. The molecule has 94 valence electrons. The molecule has 0 aromatic heterocycles. The largest absolute Gasteiger partial charge is 0.478 e. The zero-order valence-corrected chi connectivity index (χ0v) is 10.5. The Hall–Kier alpha value is -1.14. The van der Waals surface area contributed by atoms with E-state index in [9.17, 15) is 17.6 Å². The summed E-state index contributed by atoms with van der Waals surface area (Å²) in [7, 11) is -3.67. The van der Waals surface area contributed by atoms with Gasteiger partial charge in [0, 0.05) is 0 Å². The molecule has 0 heterocycles. The maximum absolute atomic E-state index is 13.3. The third kappa shape index (κ3) is 2.95. The Bertz CT molecular complexity index is 554. The van der Waals surface area contributed by atoms with Crippen LogP contribution in [-0.4, -0.2) is 25.2 Å². The van der Waals surface area contributed by atoms with E-state index in [1.807, 2.05) is 0 Å². The second-order valence-electron chi connectivity index (χ2n) is 3.39. The van der Waals surface area contributed by atoms with Gasteiger partial charge in [-0.15, -0.1) is 0 Å². The molecule has 7 heteroatoms. The summed E-state index contributed by atoms with van der Waals surface area (Å²) in [6, 6.07) is 1.61. The van der Waals surface area contributed by atoms with Crippen LogP contribution in [0.1, 0.15) is 23.7 Å². The van der Waals surface area contributed by atoms with E-state index in [-0.39, 0.29) is 10.6 Å². The zero-order valence-electron chi connectivity index (χ0n) is 8.91. The van der Waals surface area contributed by atoms with Crippen LogP contribution in [0.25, 0.3) is 0 Å². The Morgan fingerprint density at radius 1 is 1.47 bits per heavy atom. The Kier molecular flexibility index (Phi) is 4.11. The molecule has 0 saturated heterocycles. The van der Waals surface area contributed by atoms with Gasteiger partial charge in [0.2, 0.25) is 0 Å². The normalized spacial score (nSPS) is 11.5. The average Bonchev–Trinajstić information content (AvgIpc) is 2.21. The molecule has 1 aromatic rings. The van der Waals surface area contributed by atoms with Gasteiger partial charge in [-0.2, -0.15) is 0 Å². The quantitative estimate of drug-likeness (QED) is 0.919. The highest BCUT2D eigenvalue weighted by atomic mass is 35.5. The van der Waals surface area contributed by atoms with Crippen molar-refractivity contribution in [3.05, 3.63) is 28.5 Å². The molecule has 0 aliphatic heterocycles. The number of aromatic carboxylic acids is 1. The number of benzene rings is 1. The van der Waals surface area contributed by atoms with Crippen molar-refractivity contribution in [3.63, 3.8) is 0 Å². The summed E-state index contributed by atoms with van der Waals surface area (Å²) < 4.78 is 36.6. The molecular weight excluding hydrogens is 271 g/mol. The molecule has 0 spiro atoms. The van der Waals surface area contributed by atoms with Gasteiger partial charge in [0.1, 0.15) is 5.82 Å². The van der Waals surface area contributed by atoms with E-state index in [0.29, 0.717) is 6.42 Å². The van der Waals surface area contributed by atoms with Gasteiger partial charge in [0.15, 0.2) is 9.84 Å². The van der Waals surface area contributed by atoms with Crippen molar-refractivity contribution in [2.75, 3.05) is 5.75 Å². The van der Waals surface area contributed by atoms with Crippen LogP contribution in [0.5, 0.6) is 0 Å². The van der Waals surface area contributed by atoms with Crippen LogP contribution in [0.2, 0.25) is 5.02 Å². The molecule has 17 heavy (non-hydrogen) atoms. The lowest BCUT2D eigenvalue weighted by Gasteiger charge is -2.06. The molecule has 1 N–H and O–H groups in total. The molecule has 0 unspecified atom stereocenters. The van der Waals surface area contributed by atoms with E-state index in [1.54, 1.807) is 6.92 Å². The standard InChI is InChI=1S/C10H10ClFO4S/c1-2-3-17(15,16)6-4-7(10(13)14)9(11)8(12)5-6/h4-5H,2-3H2,1H3,(H,13,14). The van der Waals surface area contributed by atoms with E-state index in [0.717, 1.165) is 12.1 Å². The Balaban J connectivity index is 3.44. The summed E-state index contributed by atoms with van der Waals surface area (Å²) in [5.41, 5.74) is -0.554. The Morgan fingerprint density at radius 3 is 2.53 bits per heavy atom. The van der Waals surface area contributed by atoms with E-state index in [1.165, 1.54) is 0 Å². The van der Waals surface area contributed by atoms with Gasteiger partial charge in [-0.3, -0.25) is 0 Å². The van der Waals surface area contributed by atoms with Gasteiger partial charge >= 0.3 is 5.97 Å². The van der Waals surface area contributed by atoms with Crippen molar-refractivity contribution >= 4 is 27.4 Å². The first-order chi connectivity index (χ1) is 7.79. The minimum atomic E-state index is -3.67. The summed E-state index contributed by atoms with van der Waals surface area (Å²) in [6.07, 6.45) is 0.356. The fourth-order valence-electron chi connectivity index (χ4n) is 1.29. The Labute approximate surface area is 103 Å². The number of sulfone groups is 1. The van der Waals surface area contributed by atoms with Gasteiger partial charge in [-0.05, 0) is 18.6 Å². The molecule has 1 rings (SSSR count). The fraction of sp³-hybridized carbons (Fsp3) is 0.300. The van der Waals surface area contributed by atoms with Crippen molar-refractivity contribution < 1.29 is 22.7 Å². The van der Waals surface area contributed by atoms with E-state index in [4.69, 9.17) is 16.7 Å². The number of carboxylic acid groups (broad SMARTS) is 1. The summed E-state index contributed by atoms with van der Waals surface area (Å²) in [5.74, 6) is -2.70. The monoisotopic (exact) mass is 280 g/mol. The van der Waals surface area contributed by atoms with E-state index in [2.05, 4.69) is 0 Å². The van der Waals surface area contributed by atoms with Crippen LogP contribution < -0.4 is 0 Å². The summed E-state index contributed by atoms with van der Waals surface area (Å²) in [6.45, 7) is 1.65. The molecule has 0 atom stereocenters. The number of rotatable bonds is 4. The third-order valence-corrected chi connectivity index (χ3v) is 4.35. The first-order valence-corrected chi connectivity index (χ1v) is 6.77. The van der Waals surface area contributed by atoms with E-state index < -0.39 is 32.2 Å². The van der Waals surface area contributed by atoms with Crippen molar-refractivity contribution in [2.45, 2.75) is 18.2 Å². The van der Waals surface area contributed by atoms with Crippen molar-refractivity contribution in [1.82, 2.24) is 0 Å². The fourth-order valence-corrected chi connectivity index (χ4v) is 2.83. The van der Waals surface area contributed by atoms with Crippen molar-refractivity contribution in [3.8, 4) is 0 Å². The second kappa shape index (κ2) is 5.01. The molecule has 0 bridgehead atoms. The predicted octanol–water partition coefficient (Wildman–Crippen LogP) is 2.36. The van der Waals surface area contributed by atoms with Crippen LogP contribution in [0.15, 0.2) is 17.0 Å². The number of hydrogen-bond acceptors (Lipinski definition) is 3. The predicted molar refractivity (Wildman–Crippen MR) is 60.7 cm³/mol. The minimum Gasteiger partial charge on any atom is -0.478 e. The first-order valence-electron chi connectivity index (χ1n) is 4.74. The molecule has 0 aliphatic carbocycles. The molecule has 1 aromatic carbocycles.